The second-order valence-electron chi connectivity index (χ2n) is 6.31. The van der Waals surface area contributed by atoms with Crippen molar-refractivity contribution < 1.29 is 9.18 Å². The van der Waals surface area contributed by atoms with Crippen molar-refractivity contribution in [2.75, 3.05) is 5.32 Å². The number of fused-ring (bicyclic) bond motifs is 1. The first-order chi connectivity index (χ1) is 11.6. The number of nitrogens with one attached hydrogen (secondary N) is 1. The summed E-state index contributed by atoms with van der Waals surface area (Å²) in [6.07, 6.45) is 3.85. The van der Waals surface area contributed by atoms with Crippen LogP contribution in [-0.2, 0) is 0 Å². The molecular formula is C20H17FN2O. The standard InChI is InChI=1S/C20H17FN2O/c1-12-17(13-6-7-13)9-16(21)10-18(12)23-20(24)19-8-14-4-2-3-5-15(14)11-22-19/h2-5,8-11,13H,6-7H2,1H3,(H,23,24). The van der Waals surface area contributed by atoms with Gasteiger partial charge in [0.25, 0.3) is 5.91 Å². The maximum Gasteiger partial charge on any atom is 0.274 e. The van der Waals surface area contributed by atoms with Crippen molar-refractivity contribution in [2.45, 2.75) is 25.7 Å². The molecule has 0 saturated heterocycles. The molecule has 1 saturated carbocycles. The highest BCUT2D eigenvalue weighted by Crippen LogP contribution is 2.43. The zero-order valence-corrected chi connectivity index (χ0v) is 13.3. The molecule has 0 atom stereocenters. The van der Waals surface area contributed by atoms with Gasteiger partial charge >= 0.3 is 0 Å². The van der Waals surface area contributed by atoms with Crippen molar-refractivity contribution in [1.29, 1.82) is 0 Å². The third-order valence-corrected chi connectivity index (χ3v) is 4.54. The Kier molecular flexibility index (Phi) is 3.53. The van der Waals surface area contributed by atoms with E-state index in [1.54, 1.807) is 18.3 Å². The summed E-state index contributed by atoms with van der Waals surface area (Å²) >= 11 is 0. The molecule has 4 heteroatoms. The summed E-state index contributed by atoms with van der Waals surface area (Å²) in [6, 6.07) is 12.4. The van der Waals surface area contributed by atoms with Crippen LogP contribution in [0.2, 0.25) is 0 Å². The van der Waals surface area contributed by atoms with Gasteiger partial charge in [-0.1, -0.05) is 24.3 Å². The molecule has 1 aliphatic rings. The first-order valence-electron chi connectivity index (χ1n) is 8.08. The van der Waals surface area contributed by atoms with Crippen LogP contribution in [0.3, 0.4) is 0 Å². The van der Waals surface area contributed by atoms with Gasteiger partial charge in [0, 0.05) is 17.3 Å². The van der Waals surface area contributed by atoms with Crippen molar-refractivity contribution in [3.05, 3.63) is 71.3 Å². The number of carbonyl (C=O) groups is 1. The number of nitrogens with zero attached hydrogens (tertiary/aromatic N) is 1. The lowest BCUT2D eigenvalue weighted by Crippen LogP contribution is -2.15. The van der Waals surface area contributed by atoms with Gasteiger partial charge in [-0.3, -0.25) is 9.78 Å². The molecule has 0 spiro atoms. The zero-order chi connectivity index (χ0) is 16.7. The highest BCUT2D eigenvalue weighted by atomic mass is 19.1. The fraction of sp³-hybridized carbons (Fsp3) is 0.200. The van der Waals surface area contributed by atoms with Gasteiger partial charge in [0.05, 0.1) is 0 Å². The van der Waals surface area contributed by atoms with Crippen LogP contribution in [0.5, 0.6) is 0 Å². The maximum absolute atomic E-state index is 13.9. The molecule has 0 radical (unpaired) electrons. The fourth-order valence-corrected chi connectivity index (χ4v) is 3.04. The van der Waals surface area contributed by atoms with Crippen LogP contribution in [0.4, 0.5) is 10.1 Å². The third-order valence-electron chi connectivity index (χ3n) is 4.54. The molecule has 1 aliphatic carbocycles. The number of carbonyl (C=O) groups excluding carboxylic acids is 1. The van der Waals surface area contributed by atoms with E-state index in [9.17, 15) is 9.18 Å². The first kappa shape index (κ1) is 14.8. The van der Waals surface area contributed by atoms with Gasteiger partial charge in [-0.2, -0.15) is 0 Å². The number of hydrogen-bond acceptors (Lipinski definition) is 2. The summed E-state index contributed by atoms with van der Waals surface area (Å²) in [5.41, 5.74) is 2.78. The van der Waals surface area contributed by atoms with E-state index in [1.807, 2.05) is 31.2 Å². The summed E-state index contributed by atoms with van der Waals surface area (Å²) in [6.45, 7) is 1.93. The third kappa shape index (κ3) is 2.75. The van der Waals surface area contributed by atoms with E-state index in [0.717, 1.165) is 34.7 Å². The lowest BCUT2D eigenvalue weighted by atomic mass is 10.0. The highest BCUT2D eigenvalue weighted by molar-refractivity contribution is 6.05. The molecule has 3 nitrogen and oxygen atoms in total. The molecule has 3 aromatic rings. The minimum atomic E-state index is -0.323. The number of aromatic nitrogens is 1. The van der Waals surface area contributed by atoms with Crippen LogP contribution in [0.15, 0.2) is 48.7 Å². The van der Waals surface area contributed by atoms with E-state index >= 15 is 0 Å². The van der Waals surface area contributed by atoms with Crippen molar-refractivity contribution in [1.82, 2.24) is 4.98 Å². The number of amides is 1. The number of halogens is 1. The number of anilines is 1. The molecule has 1 fully saturated rings. The average Bonchev–Trinajstić information content (AvgIpc) is 3.42. The second kappa shape index (κ2) is 5.71. The largest absolute Gasteiger partial charge is 0.320 e. The Balaban J connectivity index is 1.65. The lowest BCUT2D eigenvalue weighted by molar-refractivity contribution is 0.102. The molecule has 1 aromatic heterocycles. The minimum absolute atomic E-state index is 0.315. The van der Waals surface area contributed by atoms with E-state index in [4.69, 9.17) is 0 Å². The Morgan fingerprint density at radius 3 is 2.67 bits per heavy atom. The molecule has 0 bridgehead atoms. The monoisotopic (exact) mass is 320 g/mol. The van der Waals surface area contributed by atoms with E-state index in [2.05, 4.69) is 10.3 Å². The molecule has 1 amide bonds. The van der Waals surface area contributed by atoms with Crippen molar-refractivity contribution in [3.8, 4) is 0 Å². The predicted molar refractivity (Wildman–Crippen MR) is 92.8 cm³/mol. The Hall–Kier alpha value is -2.75. The zero-order valence-electron chi connectivity index (χ0n) is 13.3. The summed E-state index contributed by atoms with van der Waals surface area (Å²) < 4.78 is 13.9. The Bertz CT molecular complexity index is 948. The van der Waals surface area contributed by atoms with Crippen molar-refractivity contribution in [2.24, 2.45) is 0 Å². The topological polar surface area (TPSA) is 42.0 Å². The van der Waals surface area contributed by atoms with Crippen LogP contribution < -0.4 is 5.32 Å². The summed E-state index contributed by atoms with van der Waals surface area (Å²) in [5.74, 6) is -0.212. The van der Waals surface area contributed by atoms with E-state index in [0.29, 0.717) is 17.3 Å². The Labute approximate surface area is 139 Å². The Morgan fingerprint density at radius 2 is 1.92 bits per heavy atom. The number of rotatable bonds is 3. The molecule has 0 aliphatic heterocycles. The number of benzene rings is 2. The Morgan fingerprint density at radius 1 is 1.17 bits per heavy atom. The molecular weight excluding hydrogens is 303 g/mol. The van der Waals surface area contributed by atoms with Crippen LogP contribution in [0, 0.1) is 12.7 Å². The molecule has 24 heavy (non-hydrogen) atoms. The molecule has 120 valence electrons. The summed E-state index contributed by atoms with van der Waals surface area (Å²) in [5, 5.41) is 4.74. The fourth-order valence-electron chi connectivity index (χ4n) is 3.04. The predicted octanol–water partition coefficient (Wildman–Crippen LogP) is 4.81. The van der Waals surface area contributed by atoms with E-state index in [-0.39, 0.29) is 11.7 Å². The van der Waals surface area contributed by atoms with Crippen LogP contribution >= 0.6 is 0 Å². The smallest absolute Gasteiger partial charge is 0.274 e. The van der Waals surface area contributed by atoms with Crippen LogP contribution in [0.1, 0.15) is 40.4 Å². The molecule has 4 rings (SSSR count). The van der Waals surface area contributed by atoms with Crippen molar-refractivity contribution >= 4 is 22.4 Å². The quantitative estimate of drug-likeness (QED) is 0.752. The van der Waals surface area contributed by atoms with Crippen LogP contribution in [-0.4, -0.2) is 10.9 Å². The SMILES string of the molecule is Cc1c(NC(=O)c2cc3ccccc3cn2)cc(F)cc1C1CC1. The number of pyridine rings is 1. The van der Waals surface area contributed by atoms with E-state index < -0.39 is 0 Å². The lowest BCUT2D eigenvalue weighted by Gasteiger charge is -2.13. The normalized spacial score (nSPS) is 13.9. The summed E-state index contributed by atoms with van der Waals surface area (Å²) in [7, 11) is 0. The van der Waals surface area contributed by atoms with Crippen molar-refractivity contribution in [3.63, 3.8) is 0 Å². The number of hydrogen-bond donors (Lipinski definition) is 1. The molecule has 2 aromatic carbocycles. The summed E-state index contributed by atoms with van der Waals surface area (Å²) in [4.78, 5) is 16.7. The van der Waals surface area contributed by atoms with Crippen LogP contribution in [0.25, 0.3) is 10.8 Å². The van der Waals surface area contributed by atoms with Gasteiger partial charge in [-0.05, 0) is 60.4 Å². The first-order valence-corrected chi connectivity index (χ1v) is 8.08. The van der Waals surface area contributed by atoms with Gasteiger partial charge in [0.15, 0.2) is 0 Å². The molecule has 0 unspecified atom stereocenters. The maximum atomic E-state index is 13.9. The van der Waals surface area contributed by atoms with Gasteiger partial charge in [0.1, 0.15) is 11.5 Å². The second-order valence-corrected chi connectivity index (χ2v) is 6.31. The van der Waals surface area contributed by atoms with Gasteiger partial charge in [-0.25, -0.2) is 4.39 Å². The van der Waals surface area contributed by atoms with Gasteiger partial charge in [0.2, 0.25) is 0 Å². The van der Waals surface area contributed by atoms with E-state index in [1.165, 1.54) is 6.07 Å². The van der Waals surface area contributed by atoms with Gasteiger partial charge in [-0.15, -0.1) is 0 Å². The molecule has 1 heterocycles. The molecule has 1 N–H and O–H groups in total. The minimum Gasteiger partial charge on any atom is -0.320 e. The average molecular weight is 320 g/mol. The highest BCUT2D eigenvalue weighted by Gasteiger charge is 2.27. The van der Waals surface area contributed by atoms with Gasteiger partial charge < -0.3 is 5.32 Å².